The second-order valence-corrected chi connectivity index (χ2v) is 5.71. The average Bonchev–Trinajstić information content (AvgIpc) is 2.57. The van der Waals surface area contributed by atoms with E-state index in [0.717, 1.165) is 5.56 Å². The molecule has 3 rings (SSSR count). The van der Waals surface area contributed by atoms with Gasteiger partial charge in [-0.25, -0.2) is 0 Å². The van der Waals surface area contributed by atoms with Gasteiger partial charge in [-0.1, -0.05) is 41.9 Å². The van der Waals surface area contributed by atoms with Crippen molar-refractivity contribution < 1.29 is 23.8 Å². The number of rotatable bonds is 3. The first-order chi connectivity index (χ1) is 11.5. The maximum absolute atomic E-state index is 12.7. The van der Waals surface area contributed by atoms with Crippen molar-refractivity contribution in [3.05, 3.63) is 52.5 Å². The number of hydrogen-bond acceptors (Lipinski definition) is 5. The van der Waals surface area contributed by atoms with Crippen LogP contribution in [-0.2, 0) is 4.79 Å². The molecule has 0 N–H and O–H groups in total. The lowest BCUT2D eigenvalue weighted by Crippen LogP contribution is -2.22. The van der Waals surface area contributed by atoms with E-state index in [2.05, 4.69) is 0 Å². The van der Waals surface area contributed by atoms with Gasteiger partial charge >= 0.3 is 5.97 Å². The Hall–Kier alpha value is -2.53. The SMILES string of the molecule is COc1cc2c(c(OC(C)=O)c1Cl)C(=O)CC(c1ccccc1)O2. The lowest BCUT2D eigenvalue weighted by molar-refractivity contribution is -0.131. The molecule has 0 bridgehead atoms. The Labute approximate surface area is 144 Å². The highest BCUT2D eigenvalue weighted by atomic mass is 35.5. The second-order valence-electron chi connectivity index (χ2n) is 5.33. The standard InChI is InChI=1S/C18H15ClO5/c1-10(20)23-18-16-12(21)8-13(11-6-4-3-5-7-11)24-14(16)9-15(22-2)17(18)19/h3-7,9,13H,8H2,1-2H3. The minimum atomic E-state index is -0.578. The fourth-order valence-corrected chi connectivity index (χ4v) is 2.92. The van der Waals surface area contributed by atoms with Crippen molar-refractivity contribution in [1.29, 1.82) is 0 Å². The molecule has 5 nitrogen and oxygen atoms in total. The quantitative estimate of drug-likeness (QED) is 0.621. The van der Waals surface area contributed by atoms with E-state index < -0.39 is 12.1 Å². The molecule has 24 heavy (non-hydrogen) atoms. The van der Waals surface area contributed by atoms with Crippen molar-refractivity contribution in [2.24, 2.45) is 0 Å². The van der Waals surface area contributed by atoms with Crippen molar-refractivity contribution in [1.82, 2.24) is 0 Å². The van der Waals surface area contributed by atoms with Crippen LogP contribution in [0.3, 0.4) is 0 Å². The first kappa shape index (κ1) is 16.3. The van der Waals surface area contributed by atoms with Crippen molar-refractivity contribution in [2.45, 2.75) is 19.4 Å². The lowest BCUT2D eigenvalue weighted by Gasteiger charge is -2.27. The average molecular weight is 347 g/mol. The zero-order valence-electron chi connectivity index (χ0n) is 13.2. The third-order valence-electron chi connectivity index (χ3n) is 3.71. The number of methoxy groups -OCH3 is 1. The molecule has 0 aliphatic carbocycles. The summed E-state index contributed by atoms with van der Waals surface area (Å²) < 4.78 is 16.3. The summed E-state index contributed by atoms with van der Waals surface area (Å²) in [5, 5.41) is 0.0709. The molecule has 1 unspecified atom stereocenters. The summed E-state index contributed by atoms with van der Waals surface area (Å²) in [7, 11) is 1.44. The molecular formula is C18H15ClO5. The van der Waals surface area contributed by atoms with Crippen molar-refractivity contribution in [3.8, 4) is 17.2 Å². The van der Waals surface area contributed by atoms with Gasteiger partial charge in [0.05, 0.1) is 13.5 Å². The largest absolute Gasteiger partial charge is 0.495 e. The summed E-state index contributed by atoms with van der Waals surface area (Å²) in [5.74, 6) is -0.239. The number of benzene rings is 2. The molecule has 1 aliphatic rings. The summed E-state index contributed by atoms with van der Waals surface area (Å²) in [6, 6.07) is 11.0. The van der Waals surface area contributed by atoms with Gasteiger partial charge in [-0.15, -0.1) is 0 Å². The molecule has 6 heteroatoms. The van der Waals surface area contributed by atoms with Gasteiger partial charge in [-0.3, -0.25) is 9.59 Å². The third kappa shape index (κ3) is 2.95. The number of fused-ring (bicyclic) bond motifs is 1. The molecule has 1 atom stereocenters. The molecule has 0 saturated heterocycles. The molecule has 1 heterocycles. The normalized spacial score (nSPS) is 16.1. The van der Waals surface area contributed by atoms with Crippen LogP contribution in [0.4, 0.5) is 0 Å². The Morgan fingerprint density at radius 2 is 2.00 bits per heavy atom. The minimum absolute atomic E-state index is 0.0185. The topological polar surface area (TPSA) is 61.8 Å². The maximum Gasteiger partial charge on any atom is 0.308 e. The van der Waals surface area contributed by atoms with Gasteiger partial charge in [-0.2, -0.15) is 0 Å². The number of carbonyl (C=O) groups is 2. The van der Waals surface area contributed by atoms with Crippen molar-refractivity contribution in [2.75, 3.05) is 7.11 Å². The van der Waals surface area contributed by atoms with Gasteiger partial charge in [0, 0.05) is 13.0 Å². The zero-order valence-corrected chi connectivity index (χ0v) is 13.9. The van der Waals surface area contributed by atoms with E-state index in [1.165, 1.54) is 20.1 Å². The van der Waals surface area contributed by atoms with Gasteiger partial charge in [0.25, 0.3) is 0 Å². The Morgan fingerprint density at radius 3 is 2.62 bits per heavy atom. The third-order valence-corrected chi connectivity index (χ3v) is 4.07. The highest BCUT2D eigenvalue weighted by Gasteiger charge is 2.34. The molecular weight excluding hydrogens is 332 g/mol. The van der Waals surface area contributed by atoms with Crippen LogP contribution in [0.1, 0.15) is 35.4 Å². The molecule has 124 valence electrons. The van der Waals surface area contributed by atoms with Crippen LogP contribution >= 0.6 is 11.6 Å². The van der Waals surface area contributed by atoms with E-state index in [0.29, 0.717) is 0 Å². The lowest BCUT2D eigenvalue weighted by atomic mass is 9.95. The number of Topliss-reactive ketones (excluding diaryl/α,β-unsaturated/α-hetero) is 1. The number of halogens is 1. The van der Waals surface area contributed by atoms with Gasteiger partial charge in [-0.05, 0) is 5.56 Å². The predicted octanol–water partition coefficient (Wildman–Crippen LogP) is 3.98. The summed E-state index contributed by atoms with van der Waals surface area (Å²) in [4.78, 5) is 24.0. The van der Waals surface area contributed by atoms with E-state index in [9.17, 15) is 9.59 Å². The number of ether oxygens (including phenoxy) is 3. The highest BCUT2D eigenvalue weighted by molar-refractivity contribution is 6.34. The molecule has 0 saturated carbocycles. The molecule has 0 fully saturated rings. The Bertz CT molecular complexity index is 801. The van der Waals surface area contributed by atoms with Gasteiger partial charge in [0.2, 0.25) is 0 Å². The molecule has 0 radical (unpaired) electrons. The summed E-state index contributed by atoms with van der Waals surface area (Å²) in [6.07, 6.45) is -0.282. The first-order valence-corrected chi connectivity index (χ1v) is 7.72. The first-order valence-electron chi connectivity index (χ1n) is 7.35. The van der Waals surface area contributed by atoms with Crippen LogP contribution < -0.4 is 14.2 Å². The van der Waals surface area contributed by atoms with E-state index in [1.807, 2.05) is 30.3 Å². The number of hydrogen-bond donors (Lipinski definition) is 0. The van der Waals surface area contributed by atoms with Crippen LogP contribution in [0.25, 0.3) is 0 Å². The van der Waals surface area contributed by atoms with Gasteiger partial charge in [0.15, 0.2) is 11.5 Å². The van der Waals surface area contributed by atoms with E-state index in [-0.39, 0.29) is 40.0 Å². The molecule has 0 aromatic heterocycles. The van der Waals surface area contributed by atoms with Gasteiger partial charge in [0.1, 0.15) is 28.2 Å². The van der Waals surface area contributed by atoms with Crippen LogP contribution in [0.2, 0.25) is 5.02 Å². The monoisotopic (exact) mass is 346 g/mol. The fourth-order valence-electron chi connectivity index (χ4n) is 2.65. The summed E-state index contributed by atoms with van der Waals surface area (Å²) in [5.41, 5.74) is 1.06. The summed E-state index contributed by atoms with van der Waals surface area (Å²) >= 11 is 6.20. The van der Waals surface area contributed by atoms with Gasteiger partial charge < -0.3 is 14.2 Å². The predicted molar refractivity (Wildman–Crippen MR) is 88.1 cm³/mol. The zero-order chi connectivity index (χ0) is 17.3. The van der Waals surface area contributed by atoms with Crippen LogP contribution in [0.15, 0.2) is 36.4 Å². The summed E-state index contributed by atoms with van der Waals surface area (Å²) in [6.45, 7) is 1.24. The van der Waals surface area contributed by atoms with Crippen LogP contribution in [0.5, 0.6) is 17.2 Å². The van der Waals surface area contributed by atoms with Crippen molar-refractivity contribution in [3.63, 3.8) is 0 Å². The second kappa shape index (κ2) is 6.53. The Kier molecular flexibility index (Phi) is 4.44. The Morgan fingerprint density at radius 1 is 1.29 bits per heavy atom. The fraction of sp³-hybridized carbons (Fsp3) is 0.222. The van der Waals surface area contributed by atoms with E-state index >= 15 is 0 Å². The maximum atomic E-state index is 12.7. The number of esters is 1. The molecule has 1 aliphatic heterocycles. The van der Waals surface area contributed by atoms with Crippen LogP contribution in [0, 0.1) is 0 Å². The smallest absolute Gasteiger partial charge is 0.308 e. The van der Waals surface area contributed by atoms with Crippen LogP contribution in [-0.4, -0.2) is 18.9 Å². The number of carbonyl (C=O) groups excluding carboxylic acids is 2. The van der Waals surface area contributed by atoms with E-state index in [1.54, 1.807) is 0 Å². The molecule has 0 spiro atoms. The molecule has 2 aromatic rings. The number of ketones is 1. The molecule has 2 aromatic carbocycles. The van der Waals surface area contributed by atoms with E-state index in [4.69, 9.17) is 25.8 Å². The molecule has 0 amide bonds. The Balaban J connectivity index is 2.09. The highest BCUT2D eigenvalue weighted by Crippen LogP contribution is 2.47. The van der Waals surface area contributed by atoms with Crippen molar-refractivity contribution >= 4 is 23.4 Å². The minimum Gasteiger partial charge on any atom is -0.495 e.